The molecule has 1 N–H and O–H groups in total. The maximum atomic E-state index is 10.5. The summed E-state index contributed by atoms with van der Waals surface area (Å²) < 4.78 is 10.3. The Labute approximate surface area is 111 Å². The number of methoxy groups -OCH3 is 2. The zero-order valence-corrected chi connectivity index (χ0v) is 12.1. The highest BCUT2D eigenvalue weighted by atomic mass is 32.1. The largest absolute Gasteiger partial charge is 0.378 e. The Morgan fingerprint density at radius 1 is 1.44 bits per heavy atom. The molecule has 0 spiro atoms. The third kappa shape index (κ3) is 2.44. The van der Waals surface area contributed by atoms with Crippen LogP contribution in [0.5, 0.6) is 0 Å². The quantitative estimate of drug-likeness (QED) is 0.827. The molecule has 1 atom stereocenters. The summed E-state index contributed by atoms with van der Waals surface area (Å²) in [6.07, 6.45) is 0.228. The van der Waals surface area contributed by atoms with Gasteiger partial charge in [-0.1, -0.05) is 0 Å². The van der Waals surface area contributed by atoms with Gasteiger partial charge in [0.2, 0.25) is 0 Å². The molecule has 0 fully saturated rings. The summed E-state index contributed by atoms with van der Waals surface area (Å²) in [6, 6.07) is 0. The lowest BCUT2D eigenvalue weighted by molar-refractivity contribution is -0.213. The molecule has 18 heavy (non-hydrogen) atoms. The van der Waals surface area contributed by atoms with Crippen LogP contribution in [-0.2, 0) is 28.0 Å². The Kier molecular flexibility index (Phi) is 4.03. The van der Waals surface area contributed by atoms with Crippen molar-refractivity contribution in [3.8, 4) is 0 Å². The van der Waals surface area contributed by atoms with Gasteiger partial charge < -0.3 is 19.5 Å². The number of aliphatic hydroxyl groups is 1. The third-order valence-electron chi connectivity index (χ3n) is 3.24. The average Bonchev–Trinajstić information content (AvgIpc) is 2.73. The minimum absolute atomic E-state index is 0.663. The zero-order chi connectivity index (χ0) is 13.3. The average molecular weight is 272 g/mol. The summed E-state index contributed by atoms with van der Waals surface area (Å²) in [7, 11) is 5.13. The van der Waals surface area contributed by atoms with Crippen molar-refractivity contribution < 1.29 is 14.6 Å². The van der Waals surface area contributed by atoms with Gasteiger partial charge in [-0.05, 0) is 14.0 Å². The van der Waals surface area contributed by atoms with Crippen LogP contribution in [0.2, 0.25) is 0 Å². The van der Waals surface area contributed by atoms with Crippen molar-refractivity contribution >= 4 is 11.3 Å². The molecule has 2 heterocycles. The standard InChI is InChI=1S/C12H20N2O3S/c1-12(15,11(16-3)17-4)10-13-8-5-6-14(2)7-9(8)18-10/h11,15H,5-7H2,1-4H3. The summed E-state index contributed by atoms with van der Waals surface area (Å²) in [5, 5.41) is 11.2. The molecular formula is C12H20N2O3S. The molecule has 1 unspecified atom stereocenters. The highest BCUT2D eigenvalue weighted by Crippen LogP contribution is 2.34. The van der Waals surface area contributed by atoms with E-state index in [4.69, 9.17) is 9.47 Å². The summed E-state index contributed by atoms with van der Waals surface area (Å²) in [5.41, 5.74) is -0.122. The number of likely N-dealkylation sites (N-methyl/N-ethyl adjacent to an activating group) is 1. The molecule has 5 nitrogen and oxygen atoms in total. The van der Waals surface area contributed by atoms with Crippen LogP contribution in [0.3, 0.4) is 0 Å². The number of hydrogen-bond donors (Lipinski definition) is 1. The Morgan fingerprint density at radius 2 is 2.11 bits per heavy atom. The highest BCUT2D eigenvalue weighted by Gasteiger charge is 2.38. The van der Waals surface area contributed by atoms with Crippen molar-refractivity contribution in [1.82, 2.24) is 9.88 Å². The van der Waals surface area contributed by atoms with E-state index in [1.807, 2.05) is 0 Å². The number of fused-ring (bicyclic) bond motifs is 1. The fraction of sp³-hybridized carbons (Fsp3) is 0.750. The van der Waals surface area contributed by atoms with E-state index in [1.165, 1.54) is 19.1 Å². The smallest absolute Gasteiger partial charge is 0.192 e. The number of hydrogen-bond acceptors (Lipinski definition) is 6. The van der Waals surface area contributed by atoms with Gasteiger partial charge in [-0.2, -0.15) is 0 Å². The minimum Gasteiger partial charge on any atom is -0.378 e. The van der Waals surface area contributed by atoms with Crippen molar-refractivity contribution in [3.05, 3.63) is 15.6 Å². The number of rotatable bonds is 4. The molecule has 102 valence electrons. The summed E-state index contributed by atoms with van der Waals surface area (Å²) in [5.74, 6) is 0. The van der Waals surface area contributed by atoms with Gasteiger partial charge in [0.05, 0.1) is 5.69 Å². The van der Waals surface area contributed by atoms with Crippen molar-refractivity contribution in [3.63, 3.8) is 0 Å². The first-order chi connectivity index (χ1) is 8.48. The molecule has 1 aliphatic rings. The molecule has 1 aromatic heterocycles. The predicted molar refractivity (Wildman–Crippen MR) is 69.5 cm³/mol. The Balaban J connectivity index is 2.28. The first-order valence-electron chi connectivity index (χ1n) is 5.94. The van der Waals surface area contributed by atoms with Crippen LogP contribution in [-0.4, -0.2) is 49.1 Å². The van der Waals surface area contributed by atoms with Crippen LogP contribution >= 0.6 is 11.3 Å². The maximum Gasteiger partial charge on any atom is 0.192 e. The lowest BCUT2D eigenvalue weighted by Gasteiger charge is -2.28. The lowest BCUT2D eigenvalue weighted by Crippen LogP contribution is -2.39. The van der Waals surface area contributed by atoms with Gasteiger partial charge in [0.15, 0.2) is 11.9 Å². The Hall–Kier alpha value is -0.530. The fourth-order valence-electron chi connectivity index (χ4n) is 2.20. The van der Waals surface area contributed by atoms with Gasteiger partial charge in [0.25, 0.3) is 0 Å². The number of nitrogens with zero attached hydrogens (tertiary/aromatic N) is 2. The van der Waals surface area contributed by atoms with Crippen LogP contribution < -0.4 is 0 Å². The van der Waals surface area contributed by atoms with E-state index in [2.05, 4.69) is 16.9 Å². The topological polar surface area (TPSA) is 54.8 Å². The van der Waals surface area contributed by atoms with Gasteiger partial charge >= 0.3 is 0 Å². The Bertz CT molecular complexity index is 415. The molecule has 1 aromatic rings. The van der Waals surface area contributed by atoms with E-state index in [0.29, 0.717) is 5.01 Å². The summed E-state index contributed by atoms with van der Waals surface area (Å²) in [6.45, 7) is 3.59. The monoisotopic (exact) mass is 272 g/mol. The molecule has 0 saturated carbocycles. The first kappa shape index (κ1) is 13.9. The highest BCUT2D eigenvalue weighted by molar-refractivity contribution is 7.11. The van der Waals surface area contributed by atoms with E-state index in [0.717, 1.165) is 25.2 Å². The fourth-order valence-corrected chi connectivity index (χ4v) is 3.44. The molecule has 0 bridgehead atoms. The van der Waals surface area contributed by atoms with E-state index in [1.54, 1.807) is 18.3 Å². The molecule has 0 radical (unpaired) electrons. The third-order valence-corrected chi connectivity index (χ3v) is 4.55. The molecule has 6 heteroatoms. The molecular weight excluding hydrogens is 252 g/mol. The second kappa shape index (κ2) is 5.22. The SMILES string of the molecule is COC(OC)C(C)(O)c1nc2c(s1)CN(C)CC2. The van der Waals surface area contributed by atoms with E-state index in [9.17, 15) is 5.11 Å². The summed E-state index contributed by atoms with van der Waals surface area (Å²) >= 11 is 1.54. The van der Waals surface area contributed by atoms with E-state index < -0.39 is 11.9 Å². The number of thiazole rings is 1. The van der Waals surface area contributed by atoms with Gasteiger partial charge in [0.1, 0.15) is 5.01 Å². The van der Waals surface area contributed by atoms with Gasteiger partial charge in [-0.3, -0.25) is 0 Å². The van der Waals surface area contributed by atoms with Crippen molar-refractivity contribution in [2.75, 3.05) is 27.8 Å². The zero-order valence-electron chi connectivity index (χ0n) is 11.3. The van der Waals surface area contributed by atoms with Crippen LogP contribution in [0.1, 0.15) is 22.5 Å². The first-order valence-corrected chi connectivity index (χ1v) is 6.76. The maximum absolute atomic E-state index is 10.5. The lowest BCUT2D eigenvalue weighted by atomic mass is 10.1. The van der Waals surface area contributed by atoms with Gasteiger partial charge in [-0.15, -0.1) is 11.3 Å². The molecule has 0 aromatic carbocycles. The molecule has 1 aliphatic heterocycles. The minimum atomic E-state index is -1.22. The molecule has 0 amide bonds. The molecule has 2 rings (SSSR count). The normalized spacial score (nSPS) is 19.9. The number of ether oxygens (including phenoxy) is 2. The second-order valence-electron chi connectivity index (χ2n) is 4.83. The van der Waals surface area contributed by atoms with Crippen molar-refractivity contribution in [2.24, 2.45) is 0 Å². The predicted octanol–water partition coefficient (Wildman–Crippen LogP) is 0.957. The van der Waals surface area contributed by atoms with Crippen LogP contribution in [0.15, 0.2) is 0 Å². The van der Waals surface area contributed by atoms with Crippen molar-refractivity contribution in [2.45, 2.75) is 31.8 Å². The van der Waals surface area contributed by atoms with Crippen molar-refractivity contribution in [1.29, 1.82) is 0 Å². The second-order valence-corrected chi connectivity index (χ2v) is 5.91. The molecule has 0 saturated heterocycles. The Morgan fingerprint density at radius 3 is 2.72 bits per heavy atom. The number of aromatic nitrogens is 1. The van der Waals surface area contributed by atoms with E-state index >= 15 is 0 Å². The van der Waals surface area contributed by atoms with Gasteiger partial charge in [0, 0.05) is 38.6 Å². The van der Waals surface area contributed by atoms with E-state index in [-0.39, 0.29) is 0 Å². The van der Waals surface area contributed by atoms with Crippen LogP contribution in [0.4, 0.5) is 0 Å². The van der Waals surface area contributed by atoms with Gasteiger partial charge in [-0.25, -0.2) is 4.98 Å². The molecule has 0 aliphatic carbocycles. The van der Waals surface area contributed by atoms with Crippen LogP contribution in [0, 0.1) is 0 Å². The van der Waals surface area contributed by atoms with Crippen LogP contribution in [0.25, 0.3) is 0 Å². The summed E-state index contributed by atoms with van der Waals surface area (Å²) in [4.78, 5) is 8.04.